The molecule has 0 N–H and O–H groups in total. The Balaban J connectivity index is 2.72. The molecule has 88 valence electrons. The number of carbonyl (C=O) groups is 1. The quantitative estimate of drug-likeness (QED) is 0.582. The van der Waals surface area contributed by atoms with Crippen molar-refractivity contribution in [1.82, 2.24) is 9.55 Å². The molecule has 16 heavy (non-hydrogen) atoms. The highest BCUT2D eigenvalue weighted by Crippen LogP contribution is 2.20. The fourth-order valence-electron chi connectivity index (χ4n) is 1.31. The van der Waals surface area contributed by atoms with E-state index in [0.717, 1.165) is 5.82 Å². The van der Waals surface area contributed by atoms with Crippen molar-refractivity contribution in [3.63, 3.8) is 0 Å². The second-order valence-electron chi connectivity index (χ2n) is 4.81. The molecule has 4 nitrogen and oxygen atoms in total. The number of nitrogens with zero attached hydrogens (tertiary/aromatic N) is 2. The summed E-state index contributed by atoms with van der Waals surface area (Å²) in [6, 6.07) is 0. The lowest BCUT2D eigenvalue weighted by atomic mass is 9.96. The Morgan fingerprint density at radius 3 is 2.69 bits per heavy atom. The van der Waals surface area contributed by atoms with E-state index in [1.807, 2.05) is 4.57 Å². The van der Waals surface area contributed by atoms with Crippen molar-refractivity contribution in [3.05, 3.63) is 30.4 Å². The number of esters is 1. The van der Waals surface area contributed by atoms with Crippen LogP contribution < -0.4 is 0 Å². The zero-order chi connectivity index (χ0) is 12.3. The molecule has 1 heterocycles. The van der Waals surface area contributed by atoms with Crippen molar-refractivity contribution < 1.29 is 9.53 Å². The van der Waals surface area contributed by atoms with E-state index in [9.17, 15) is 4.79 Å². The largest absolute Gasteiger partial charge is 0.441 e. The van der Waals surface area contributed by atoms with Crippen LogP contribution in [0.25, 0.3) is 0 Å². The van der Waals surface area contributed by atoms with Gasteiger partial charge in [-0.1, -0.05) is 27.4 Å². The molecule has 0 aliphatic heterocycles. The van der Waals surface area contributed by atoms with Gasteiger partial charge in [-0.25, -0.2) is 9.78 Å². The number of aromatic nitrogens is 2. The molecule has 0 radical (unpaired) electrons. The van der Waals surface area contributed by atoms with Gasteiger partial charge in [0.1, 0.15) is 5.82 Å². The number of ether oxygens (including phenoxy) is 1. The van der Waals surface area contributed by atoms with E-state index >= 15 is 0 Å². The minimum atomic E-state index is -0.381. The molecule has 0 aliphatic carbocycles. The lowest BCUT2D eigenvalue weighted by Crippen LogP contribution is -2.20. The smallest absolute Gasteiger partial charge is 0.334 e. The SMILES string of the molecule is C=C(C)C(=O)OCn1ccnc1C(C)(C)C. The first kappa shape index (κ1) is 12.5. The van der Waals surface area contributed by atoms with Crippen molar-refractivity contribution >= 4 is 5.97 Å². The molecule has 0 spiro atoms. The van der Waals surface area contributed by atoms with E-state index in [-0.39, 0.29) is 18.1 Å². The summed E-state index contributed by atoms with van der Waals surface area (Å²) >= 11 is 0. The number of hydrogen-bond donors (Lipinski definition) is 0. The van der Waals surface area contributed by atoms with Crippen LogP contribution in [0.15, 0.2) is 24.5 Å². The molecule has 0 saturated carbocycles. The Bertz CT molecular complexity index is 399. The predicted molar refractivity (Wildman–Crippen MR) is 61.8 cm³/mol. The highest BCUT2D eigenvalue weighted by Gasteiger charge is 2.19. The van der Waals surface area contributed by atoms with Crippen molar-refractivity contribution in [2.24, 2.45) is 0 Å². The maximum Gasteiger partial charge on any atom is 0.334 e. The number of rotatable bonds is 3. The summed E-state index contributed by atoms with van der Waals surface area (Å²) in [5, 5.41) is 0. The molecule has 0 bridgehead atoms. The van der Waals surface area contributed by atoms with Crippen LogP contribution in [-0.2, 0) is 21.7 Å². The fraction of sp³-hybridized carbons (Fsp3) is 0.500. The Morgan fingerprint density at radius 2 is 2.19 bits per heavy atom. The highest BCUT2D eigenvalue weighted by molar-refractivity contribution is 5.86. The van der Waals surface area contributed by atoms with Gasteiger partial charge in [0.05, 0.1) is 0 Å². The van der Waals surface area contributed by atoms with Gasteiger partial charge in [0.15, 0.2) is 6.73 Å². The van der Waals surface area contributed by atoms with Crippen LogP contribution in [0.5, 0.6) is 0 Å². The topological polar surface area (TPSA) is 44.1 Å². The lowest BCUT2D eigenvalue weighted by Gasteiger charge is -2.19. The monoisotopic (exact) mass is 222 g/mol. The molecule has 1 aromatic heterocycles. The molecule has 1 rings (SSSR count). The van der Waals surface area contributed by atoms with Gasteiger partial charge in [-0.05, 0) is 6.92 Å². The van der Waals surface area contributed by atoms with Crippen LogP contribution in [0.4, 0.5) is 0 Å². The average molecular weight is 222 g/mol. The van der Waals surface area contributed by atoms with Gasteiger partial charge in [0.25, 0.3) is 0 Å². The first-order valence-corrected chi connectivity index (χ1v) is 5.16. The van der Waals surface area contributed by atoms with Crippen LogP contribution in [0.2, 0.25) is 0 Å². The van der Waals surface area contributed by atoms with Crippen LogP contribution >= 0.6 is 0 Å². The van der Waals surface area contributed by atoms with E-state index < -0.39 is 0 Å². The molecular weight excluding hydrogens is 204 g/mol. The van der Waals surface area contributed by atoms with Gasteiger partial charge in [-0.15, -0.1) is 0 Å². The predicted octanol–water partition coefficient (Wildman–Crippen LogP) is 2.26. The minimum absolute atomic E-state index is 0.0703. The third kappa shape index (κ3) is 2.95. The molecule has 0 unspecified atom stereocenters. The van der Waals surface area contributed by atoms with Gasteiger partial charge in [-0.2, -0.15) is 0 Å². The standard InChI is InChI=1S/C12H18N2O2/c1-9(2)10(15)16-8-14-7-6-13-11(14)12(3,4)5/h6-7H,1,8H2,2-5H3. The van der Waals surface area contributed by atoms with E-state index in [2.05, 4.69) is 32.3 Å². The van der Waals surface area contributed by atoms with Crippen LogP contribution in [-0.4, -0.2) is 15.5 Å². The summed E-state index contributed by atoms with van der Waals surface area (Å²) in [7, 11) is 0. The lowest BCUT2D eigenvalue weighted by molar-refractivity contribution is -0.142. The summed E-state index contributed by atoms with van der Waals surface area (Å²) in [6.07, 6.45) is 3.50. The Kier molecular flexibility index (Phi) is 3.52. The van der Waals surface area contributed by atoms with Gasteiger partial charge in [-0.3, -0.25) is 0 Å². The van der Waals surface area contributed by atoms with E-state index in [0.29, 0.717) is 5.57 Å². The normalized spacial score (nSPS) is 11.2. The van der Waals surface area contributed by atoms with Gasteiger partial charge >= 0.3 is 5.97 Å². The second-order valence-corrected chi connectivity index (χ2v) is 4.81. The zero-order valence-corrected chi connectivity index (χ0v) is 10.3. The van der Waals surface area contributed by atoms with Crippen molar-refractivity contribution in [2.75, 3.05) is 0 Å². The first-order valence-electron chi connectivity index (χ1n) is 5.16. The molecule has 0 saturated heterocycles. The molecule has 0 aromatic carbocycles. The Labute approximate surface area is 95.9 Å². The molecule has 1 aromatic rings. The van der Waals surface area contributed by atoms with Gasteiger partial charge < -0.3 is 9.30 Å². The number of imidazole rings is 1. The third-order valence-corrected chi connectivity index (χ3v) is 2.07. The van der Waals surface area contributed by atoms with Crippen LogP contribution in [0.1, 0.15) is 33.5 Å². The van der Waals surface area contributed by atoms with Crippen LogP contribution in [0, 0.1) is 0 Å². The molecule has 0 amide bonds. The molecule has 0 fully saturated rings. The van der Waals surface area contributed by atoms with Crippen molar-refractivity contribution in [1.29, 1.82) is 0 Å². The molecular formula is C12H18N2O2. The fourth-order valence-corrected chi connectivity index (χ4v) is 1.31. The van der Waals surface area contributed by atoms with E-state index in [1.165, 1.54) is 0 Å². The third-order valence-electron chi connectivity index (χ3n) is 2.07. The minimum Gasteiger partial charge on any atom is -0.441 e. The zero-order valence-electron chi connectivity index (χ0n) is 10.3. The molecule has 4 heteroatoms. The number of hydrogen-bond acceptors (Lipinski definition) is 3. The number of carbonyl (C=O) groups excluding carboxylic acids is 1. The average Bonchev–Trinajstić information content (AvgIpc) is 2.60. The van der Waals surface area contributed by atoms with E-state index in [1.54, 1.807) is 19.3 Å². The van der Waals surface area contributed by atoms with Gasteiger partial charge in [0, 0.05) is 23.4 Å². The highest BCUT2D eigenvalue weighted by atomic mass is 16.5. The maximum atomic E-state index is 11.2. The Hall–Kier alpha value is -1.58. The molecule has 0 atom stereocenters. The summed E-state index contributed by atoms with van der Waals surface area (Å²) < 4.78 is 6.89. The molecule has 0 aliphatic rings. The Morgan fingerprint density at radius 1 is 1.56 bits per heavy atom. The maximum absolute atomic E-state index is 11.2. The summed E-state index contributed by atoms with van der Waals surface area (Å²) in [6.45, 7) is 11.5. The summed E-state index contributed by atoms with van der Waals surface area (Å²) in [5.74, 6) is 0.510. The summed E-state index contributed by atoms with van der Waals surface area (Å²) in [5.41, 5.74) is 0.330. The van der Waals surface area contributed by atoms with Crippen molar-refractivity contribution in [2.45, 2.75) is 39.8 Å². The first-order chi connectivity index (χ1) is 7.32. The van der Waals surface area contributed by atoms with Gasteiger partial charge in [0.2, 0.25) is 0 Å². The van der Waals surface area contributed by atoms with E-state index in [4.69, 9.17) is 4.74 Å². The van der Waals surface area contributed by atoms with Crippen molar-refractivity contribution in [3.8, 4) is 0 Å². The second kappa shape index (κ2) is 4.51. The summed E-state index contributed by atoms with van der Waals surface area (Å²) in [4.78, 5) is 15.5. The van der Waals surface area contributed by atoms with Crippen LogP contribution in [0.3, 0.4) is 0 Å².